The summed E-state index contributed by atoms with van der Waals surface area (Å²) in [6, 6.07) is 3.83. The summed E-state index contributed by atoms with van der Waals surface area (Å²) < 4.78 is 46.6. The van der Waals surface area contributed by atoms with Crippen LogP contribution < -0.4 is 24.2 Å². The van der Waals surface area contributed by atoms with Crippen LogP contribution in [0.3, 0.4) is 0 Å². The Kier molecular flexibility index (Phi) is 6.89. The third-order valence-corrected chi connectivity index (χ3v) is 4.96. The Hall–Kier alpha value is -3.19. The molecule has 2 N–H and O–H groups in total. The lowest BCUT2D eigenvalue weighted by atomic mass is 10.3. The van der Waals surface area contributed by atoms with E-state index < -0.39 is 22.0 Å². The number of hydrogen-bond donors (Lipinski definition) is 1. The first-order valence-electron chi connectivity index (χ1n) is 7.74. The Morgan fingerprint density at radius 1 is 1.04 bits per heavy atom. The predicted octanol–water partition coefficient (Wildman–Crippen LogP) is 0.188. The van der Waals surface area contributed by atoms with Gasteiger partial charge in [-0.3, -0.25) is 0 Å². The van der Waals surface area contributed by atoms with Crippen molar-refractivity contribution in [2.45, 2.75) is 4.90 Å². The molecule has 1 aromatic heterocycles. The van der Waals surface area contributed by atoms with E-state index in [-0.39, 0.29) is 40.2 Å². The lowest BCUT2D eigenvalue weighted by Gasteiger charge is -2.20. The summed E-state index contributed by atoms with van der Waals surface area (Å²) in [5, 5.41) is 0. The molecule has 0 saturated carbocycles. The molecule has 0 saturated heterocycles. The number of aromatic nitrogens is 3. The normalized spacial score (nSPS) is 11.0. The fourth-order valence-electron chi connectivity index (χ4n) is 2.04. The van der Waals surface area contributed by atoms with E-state index in [0.717, 1.165) is 0 Å². The first-order valence-corrected chi connectivity index (χ1v) is 9.18. The second-order valence-corrected chi connectivity index (χ2v) is 6.76. The molecule has 12 nitrogen and oxygen atoms in total. The number of methoxy groups -OCH3 is 3. The molecular formula is C15H19N5O7S. The fraction of sp³-hybridized carbons (Fsp3) is 0.333. The van der Waals surface area contributed by atoms with Crippen LogP contribution in [-0.2, 0) is 14.8 Å². The molecule has 1 aromatic carbocycles. The Balaban J connectivity index is 2.57. The zero-order valence-corrected chi connectivity index (χ0v) is 16.2. The molecule has 13 heteroatoms. The molecule has 0 aliphatic rings. The number of ether oxygens (including phenoxy) is 4. The maximum absolute atomic E-state index is 13.2. The molecule has 0 spiro atoms. The Morgan fingerprint density at radius 2 is 1.64 bits per heavy atom. The number of hydrogen-bond acceptors (Lipinski definition) is 10. The van der Waals surface area contributed by atoms with Crippen LogP contribution in [0, 0.1) is 0 Å². The van der Waals surface area contributed by atoms with E-state index in [9.17, 15) is 13.2 Å². The molecular weight excluding hydrogens is 394 g/mol. The van der Waals surface area contributed by atoms with Crippen molar-refractivity contribution in [1.82, 2.24) is 15.0 Å². The SMILES string of the molecule is COCCOc1ccccc1S(=O)(=O)N(C(N)=O)c1nc(OC)nc(OC)n1. The largest absolute Gasteiger partial charge is 0.490 e. The number of sulfonamides is 1. The van der Waals surface area contributed by atoms with E-state index in [1.165, 1.54) is 39.5 Å². The van der Waals surface area contributed by atoms with Gasteiger partial charge in [0, 0.05) is 7.11 Å². The van der Waals surface area contributed by atoms with Gasteiger partial charge in [-0.05, 0) is 12.1 Å². The summed E-state index contributed by atoms with van der Waals surface area (Å²) in [6.07, 6.45) is 0. The first-order chi connectivity index (χ1) is 13.3. The fourth-order valence-corrected chi connectivity index (χ4v) is 3.40. The van der Waals surface area contributed by atoms with E-state index in [1.54, 1.807) is 6.07 Å². The standard InChI is InChI=1S/C15H19N5O7S/c1-24-8-9-27-10-6-4-5-7-11(10)28(22,23)20(12(16)21)13-17-14(25-2)19-15(18-13)26-3/h4-7H,8-9H2,1-3H3,(H2,16,21). The highest BCUT2D eigenvalue weighted by Gasteiger charge is 2.35. The Labute approximate surface area is 161 Å². The summed E-state index contributed by atoms with van der Waals surface area (Å²) in [4.78, 5) is 23.0. The van der Waals surface area contributed by atoms with Crippen molar-refractivity contribution >= 4 is 22.0 Å². The highest BCUT2D eigenvalue weighted by Crippen LogP contribution is 2.29. The molecule has 0 atom stereocenters. The molecule has 0 radical (unpaired) electrons. The second-order valence-electron chi connectivity index (χ2n) is 5.00. The minimum absolute atomic E-state index is 0.00112. The number of nitrogens with two attached hydrogens (primary N) is 1. The molecule has 0 unspecified atom stereocenters. The number of amides is 2. The van der Waals surface area contributed by atoms with Crippen LogP contribution in [0.25, 0.3) is 0 Å². The van der Waals surface area contributed by atoms with Crippen molar-refractivity contribution in [2.75, 3.05) is 38.8 Å². The van der Waals surface area contributed by atoms with Crippen LogP contribution in [0.15, 0.2) is 29.2 Å². The van der Waals surface area contributed by atoms with Crippen LogP contribution >= 0.6 is 0 Å². The van der Waals surface area contributed by atoms with Gasteiger partial charge in [0.25, 0.3) is 16.0 Å². The van der Waals surface area contributed by atoms with Gasteiger partial charge in [-0.1, -0.05) is 12.1 Å². The van der Waals surface area contributed by atoms with Crippen LogP contribution in [0.1, 0.15) is 0 Å². The molecule has 0 bridgehead atoms. The van der Waals surface area contributed by atoms with Crippen molar-refractivity contribution in [2.24, 2.45) is 5.73 Å². The maximum atomic E-state index is 13.2. The average Bonchev–Trinajstić information content (AvgIpc) is 2.67. The molecule has 1 heterocycles. The number of benzene rings is 1. The predicted molar refractivity (Wildman–Crippen MR) is 96.0 cm³/mol. The topological polar surface area (TPSA) is 156 Å². The van der Waals surface area contributed by atoms with Crippen molar-refractivity contribution in [1.29, 1.82) is 0 Å². The number of primary amides is 1. The quantitative estimate of drug-likeness (QED) is 0.563. The van der Waals surface area contributed by atoms with Gasteiger partial charge in [0.05, 0.1) is 20.8 Å². The van der Waals surface area contributed by atoms with Gasteiger partial charge in [0.1, 0.15) is 17.3 Å². The first kappa shape index (κ1) is 21.1. The van der Waals surface area contributed by atoms with Gasteiger partial charge in [-0.2, -0.15) is 9.97 Å². The summed E-state index contributed by atoms with van der Waals surface area (Å²) in [5.41, 5.74) is 5.31. The van der Waals surface area contributed by atoms with E-state index >= 15 is 0 Å². The molecule has 0 fully saturated rings. The Morgan fingerprint density at radius 3 is 2.18 bits per heavy atom. The smallest absolute Gasteiger partial charge is 0.336 e. The minimum atomic E-state index is -4.54. The third kappa shape index (κ3) is 4.55. The number of nitrogens with zero attached hydrogens (tertiary/aromatic N) is 4. The molecule has 0 aliphatic carbocycles. The van der Waals surface area contributed by atoms with Gasteiger partial charge < -0.3 is 24.7 Å². The zero-order valence-electron chi connectivity index (χ0n) is 15.4. The van der Waals surface area contributed by atoms with E-state index in [2.05, 4.69) is 15.0 Å². The number of anilines is 1. The number of rotatable bonds is 9. The van der Waals surface area contributed by atoms with Crippen LogP contribution in [0.2, 0.25) is 0 Å². The highest BCUT2D eigenvalue weighted by molar-refractivity contribution is 7.93. The Bertz CT molecular complexity index is 916. The highest BCUT2D eigenvalue weighted by atomic mass is 32.2. The van der Waals surface area contributed by atoms with Gasteiger partial charge in [-0.15, -0.1) is 9.29 Å². The van der Waals surface area contributed by atoms with E-state index in [0.29, 0.717) is 0 Å². The number of carbonyl (C=O) groups excluding carboxylic acids is 1. The summed E-state index contributed by atoms with van der Waals surface area (Å²) in [5.74, 6) is -0.596. The molecule has 28 heavy (non-hydrogen) atoms. The minimum Gasteiger partial charge on any atom is -0.490 e. The lowest BCUT2D eigenvalue weighted by Crippen LogP contribution is -2.42. The van der Waals surface area contributed by atoms with Crippen molar-refractivity contribution < 1.29 is 32.2 Å². The molecule has 2 rings (SSSR count). The van der Waals surface area contributed by atoms with Crippen LogP contribution in [0.5, 0.6) is 17.8 Å². The zero-order chi connectivity index (χ0) is 20.7. The molecule has 2 aromatic rings. The van der Waals surface area contributed by atoms with Gasteiger partial charge in [-0.25, -0.2) is 13.2 Å². The van der Waals surface area contributed by atoms with Crippen molar-refractivity contribution in [3.63, 3.8) is 0 Å². The van der Waals surface area contributed by atoms with Crippen molar-refractivity contribution in [3.05, 3.63) is 24.3 Å². The maximum Gasteiger partial charge on any atom is 0.336 e. The number of para-hydroxylation sites is 1. The molecule has 2 amide bonds. The van der Waals surface area contributed by atoms with E-state index in [4.69, 9.17) is 24.7 Å². The average molecular weight is 413 g/mol. The number of urea groups is 1. The van der Waals surface area contributed by atoms with Gasteiger partial charge in [0.15, 0.2) is 0 Å². The van der Waals surface area contributed by atoms with Crippen LogP contribution in [-0.4, -0.2) is 63.9 Å². The van der Waals surface area contributed by atoms with Crippen molar-refractivity contribution in [3.8, 4) is 17.8 Å². The summed E-state index contributed by atoms with van der Waals surface area (Å²) >= 11 is 0. The second kappa shape index (κ2) is 9.14. The molecule has 152 valence electrons. The number of carbonyl (C=O) groups is 1. The monoisotopic (exact) mass is 413 g/mol. The molecule has 0 aliphatic heterocycles. The van der Waals surface area contributed by atoms with Gasteiger partial charge in [0.2, 0.25) is 0 Å². The van der Waals surface area contributed by atoms with Gasteiger partial charge >= 0.3 is 18.1 Å². The third-order valence-electron chi connectivity index (χ3n) is 3.24. The van der Waals surface area contributed by atoms with E-state index in [1.807, 2.05) is 0 Å². The lowest BCUT2D eigenvalue weighted by molar-refractivity contribution is 0.144. The summed E-state index contributed by atoms with van der Waals surface area (Å²) in [7, 11) is -0.566. The summed E-state index contributed by atoms with van der Waals surface area (Å²) in [6.45, 7) is 0.322. The van der Waals surface area contributed by atoms with Crippen LogP contribution in [0.4, 0.5) is 10.7 Å².